The topological polar surface area (TPSA) is 114 Å². The van der Waals surface area contributed by atoms with Crippen LogP contribution in [0.5, 0.6) is 0 Å². The molecule has 1 aromatic heterocycles. The number of allylic oxidation sites excluding steroid dienone is 6. The molecule has 8 nitrogen and oxygen atoms in total. The van der Waals surface area contributed by atoms with Gasteiger partial charge in [0.1, 0.15) is 22.7 Å². The van der Waals surface area contributed by atoms with Crippen LogP contribution in [0.1, 0.15) is 35.8 Å². The first-order valence-corrected chi connectivity index (χ1v) is 9.66. The SMILES string of the molecule is C=C(NC(=O)c1csc(C(/C=C\CC)=C/C=C(\C)C=O)n1)C(=O)NC(=C)C(=O)OC. The number of aromatic nitrogens is 1. The van der Waals surface area contributed by atoms with Gasteiger partial charge in [-0.25, -0.2) is 9.78 Å². The fourth-order valence-electron chi connectivity index (χ4n) is 1.86. The van der Waals surface area contributed by atoms with E-state index in [0.717, 1.165) is 25.4 Å². The summed E-state index contributed by atoms with van der Waals surface area (Å²) in [6, 6.07) is 0. The summed E-state index contributed by atoms with van der Waals surface area (Å²) in [5.74, 6) is -2.26. The number of methoxy groups -OCH3 is 1. The van der Waals surface area contributed by atoms with Gasteiger partial charge in [-0.2, -0.15) is 0 Å². The molecule has 0 spiro atoms. The number of hydrogen-bond acceptors (Lipinski definition) is 7. The Balaban J connectivity index is 2.93. The highest BCUT2D eigenvalue weighted by Gasteiger charge is 2.18. The number of nitrogens with one attached hydrogen (secondary N) is 2. The number of ether oxygens (including phenoxy) is 1. The molecule has 2 N–H and O–H groups in total. The predicted molar refractivity (Wildman–Crippen MR) is 115 cm³/mol. The lowest BCUT2D eigenvalue weighted by Gasteiger charge is -2.09. The van der Waals surface area contributed by atoms with Gasteiger partial charge in [0.15, 0.2) is 0 Å². The minimum atomic E-state index is -0.815. The number of aldehydes is 1. The van der Waals surface area contributed by atoms with Crippen molar-refractivity contribution in [3.63, 3.8) is 0 Å². The number of esters is 1. The van der Waals surface area contributed by atoms with Crippen LogP contribution >= 0.6 is 11.3 Å². The van der Waals surface area contributed by atoms with Crippen LogP contribution < -0.4 is 10.6 Å². The normalized spacial score (nSPS) is 11.7. The summed E-state index contributed by atoms with van der Waals surface area (Å²) in [7, 11) is 1.14. The van der Waals surface area contributed by atoms with Crippen molar-refractivity contribution in [2.75, 3.05) is 7.11 Å². The Morgan fingerprint density at radius 1 is 1.20 bits per heavy atom. The first-order chi connectivity index (χ1) is 14.2. The van der Waals surface area contributed by atoms with E-state index in [9.17, 15) is 19.2 Å². The first-order valence-electron chi connectivity index (χ1n) is 8.78. The monoisotopic (exact) mass is 429 g/mol. The quantitative estimate of drug-likeness (QED) is 0.256. The Morgan fingerprint density at radius 2 is 1.90 bits per heavy atom. The van der Waals surface area contributed by atoms with Gasteiger partial charge in [-0.3, -0.25) is 14.4 Å². The highest BCUT2D eigenvalue weighted by Crippen LogP contribution is 2.21. The van der Waals surface area contributed by atoms with E-state index in [4.69, 9.17) is 0 Å². The average Bonchev–Trinajstić information content (AvgIpc) is 3.22. The van der Waals surface area contributed by atoms with Crippen molar-refractivity contribution in [1.29, 1.82) is 0 Å². The lowest BCUT2D eigenvalue weighted by atomic mass is 10.2. The molecule has 0 saturated heterocycles. The Bertz CT molecular complexity index is 954. The number of amides is 2. The maximum absolute atomic E-state index is 12.4. The van der Waals surface area contributed by atoms with Crippen LogP contribution in [0.25, 0.3) is 5.57 Å². The molecule has 0 aliphatic heterocycles. The van der Waals surface area contributed by atoms with Gasteiger partial charge in [0.05, 0.1) is 12.8 Å². The van der Waals surface area contributed by atoms with Crippen molar-refractivity contribution in [1.82, 2.24) is 15.6 Å². The van der Waals surface area contributed by atoms with Crippen molar-refractivity contribution in [2.45, 2.75) is 20.3 Å². The highest BCUT2D eigenvalue weighted by atomic mass is 32.1. The largest absolute Gasteiger partial charge is 0.464 e. The van der Waals surface area contributed by atoms with Gasteiger partial charge in [-0.1, -0.05) is 44.4 Å². The molecule has 0 saturated carbocycles. The number of thiazole rings is 1. The van der Waals surface area contributed by atoms with E-state index < -0.39 is 17.8 Å². The molecule has 2 amide bonds. The van der Waals surface area contributed by atoms with Crippen LogP contribution in [-0.4, -0.2) is 36.2 Å². The highest BCUT2D eigenvalue weighted by molar-refractivity contribution is 7.11. The average molecular weight is 429 g/mol. The third-order valence-electron chi connectivity index (χ3n) is 3.46. The van der Waals surface area contributed by atoms with Gasteiger partial charge in [0.25, 0.3) is 11.8 Å². The van der Waals surface area contributed by atoms with Gasteiger partial charge in [0.2, 0.25) is 0 Å². The van der Waals surface area contributed by atoms with Crippen molar-refractivity contribution in [3.8, 4) is 0 Å². The standard InChI is InChI=1S/C21H23N3O5S/c1-6-7-8-16(10-9-13(2)11-25)20-24-17(12-30-20)19(27)22-14(3)18(26)23-15(4)21(28)29-5/h7-12H,3-4,6H2,1-2,5H3,(H,22,27)(H,23,26)/b8-7-,13-9+,16-10+. The maximum Gasteiger partial charge on any atom is 0.353 e. The summed E-state index contributed by atoms with van der Waals surface area (Å²) in [5, 5.41) is 6.59. The van der Waals surface area contributed by atoms with Crippen molar-refractivity contribution < 1.29 is 23.9 Å². The van der Waals surface area contributed by atoms with Crippen LogP contribution in [-0.2, 0) is 19.1 Å². The fourth-order valence-corrected chi connectivity index (χ4v) is 2.66. The minimum Gasteiger partial charge on any atom is -0.464 e. The summed E-state index contributed by atoms with van der Waals surface area (Å²) in [6.45, 7) is 10.5. The summed E-state index contributed by atoms with van der Waals surface area (Å²) in [5.41, 5.74) is 0.786. The minimum absolute atomic E-state index is 0.0858. The Kier molecular flexibility index (Phi) is 9.84. The fraction of sp³-hybridized carbons (Fsp3) is 0.190. The molecule has 0 atom stereocenters. The second kappa shape index (κ2) is 12.1. The second-order valence-electron chi connectivity index (χ2n) is 5.86. The van der Waals surface area contributed by atoms with E-state index >= 15 is 0 Å². The Hall–Kier alpha value is -3.59. The first kappa shape index (κ1) is 24.4. The van der Waals surface area contributed by atoms with Crippen molar-refractivity contribution >= 4 is 41.0 Å². The number of hydrogen-bond donors (Lipinski definition) is 2. The number of carbonyl (C=O) groups excluding carboxylic acids is 4. The van der Waals surface area contributed by atoms with Crippen LogP contribution in [0.15, 0.2) is 59.8 Å². The summed E-state index contributed by atoms with van der Waals surface area (Å²) >= 11 is 1.23. The molecule has 0 bridgehead atoms. The van der Waals surface area contributed by atoms with E-state index in [-0.39, 0.29) is 17.1 Å². The zero-order chi connectivity index (χ0) is 22.7. The molecule has 9 heteroatoms. The molecule has 0 aliphatic rings. The van der Waals surface area contributed by atoms with Crippen molar-refractivity contribution in [3.05, 3.63) is 70.5 Å². The van der Waals surface area contributed by atoms with Crippen LogP contribution in [0, 0.1) is 0 Å². The van der Waals surface area contributed by atoms with E-state index in [1.54, 1.807) is 19.1 Å². The van der Waals surface area contributed by atoms with E-state index in [0.29, 0.717) is 10.6 Å². The molecule has 0 aliphatic carbocycles. The van der Waals surface area contributed by atoms with Gasteiger partial charge in [-0.05, 0) is 18.9 Å². The number of carbonyl (C=O) groups is 4. The molecule has 1 aromatic rings. The van der Waals surface area contributed by atoms with Crippen LogP contribution in [0.4, 0.5) is 0 Å². The molecule has 0 aromatic carbocycles. The van der Waals surface area contributed by atoms with E-state index in [2.05, 4.69) is 33.5 Å². The van der Waals surface area contributed by atoms with Gasteiger partial charge < -0.3 is 15.4 Å². The molecule has 30 heavy (non-hydrogen) atoms. The number of nitrogens with zero attached hydrogens (tertiary/aromatic N) is 1. The van der Waals surface area contributed by atoms with Crippen molar-refractivity contribution in [2.24, 2.45) is 0 Å². The van der Waals surface area contributed by atoms with Gasteiger partial charge >= 0.3 is 5.97 Å². The Morgan fingerprint density at radius 3 is 2.50 bits per heavy atom. The molecular formula is C21H23N3O5S. The molecule has 0 radical (unpaired) electrons. The lowest BCUT2D eigenvalue weighted by Crippen LogP contribution is -2.35. The van der Waals surface area contributed by atoms with E-state index in [1.807, 2.05) is 19.1 Å². The summed E-state index contributed by atoms with van der Waals surface area (Å²) in [4.78, 5) is 50.7. The predicted octanol–water partition coefficient (Wildman–Crippen LogP) is 2.68. The summed E-state index contributed by atoms with van der Waals surface area (Å²) in [6.07, 6.45) is 8.71. The Labute approximate surface area is 178 Å². The second-order valence-corrected chi connectivity index (χ2v) is 6.71. The third-order valence-corrected chi connectivity index (χ3v) is 4.35. The molecule has 0 fully saturated rings. The lowest BCUT2D eigenvalue weighted by molar-refractivity contribution is -0.137. The molecule has 1 heterocycles. The summed E-state index contributed by atoms with van der Waals surface area (Å²) < 4.78 is 4.42. The number of rotatable bonds is 10. The van der Waals surface area contributed by atoms with Crippen LogP contribution in [0.2, 0.25) is 0 Å². The third kappa shape index (κ3) is 7.44. The zero-order valence-corrected chi connectivity index (χ0v) is 17.8. The van der Waals surface area contributed by atoms with E-state index in [1.165, 1.54) is 16.7 Å². The molecule has 1 rings (SSSR count). The van der Waals surface area contributed by atoms with Gasteiger partial charge in [-0.15, -0.1) is 11.3 Å². The molecular weight excluding hydrogens is 406 g/mol. The molecule has 158 valence electrons. The van der Waals surface area contributed by atoms with Gasteiger partial charge in [0, 0.05) is 11.0 Å². The smallest absolute Gasteiger partial charge is 0.353 e. The van der Waals surface area contributed by atoms with Crippen LogP contribution in [0.3, 0.4) is 0 Å². The maximum atomic E-state index is 12.4. The molecule has 0 unspecified atom stereocenters. The zero-order valence-electron chi connectivity index (χ0n) is 17.0.